The number of ether oxygens (including phenoxy) is 2. The number of H-pyrrole nitrogens is 1. The maximum absolute atomic E-state index is 13.8. The third-order valence-electron chi connectivity index (χ3n) is 13.2. The van der Waals surface area contributed by atoms with Crippen LogP contribution >= 0.6 is 0 Å². The number of esters is 1. The van der Waals surface area contributed by atoms with Crippen LogP contribution in [0.4, 0.5) is 0 Å². The molecule has 3 aliphatic heterocycles. The van der Waals surface area contributed by atoms with Crippen LogP contribution in [0.25, 0.3) is 28.0 Å². The van der Waals surface area contributed by atoms with Crippen LogP contribution in [0.1, 0.15) is 102 Å². The van der Waals surface area contributed by atoms with Gasteiger partial charge in [0.05, 0.1) is 49.5 Å². The van der Waals surface area contributed by atoms with Crippen molar-refractivity contribution >= 4 is 29.1 Å². The minimum Gasteiger partial charge on any atom is -0.469 e. The number of rotatable bonds is 14. The van der Waals surface area contributed by atoms with Crippen LogP contribution in [0, 0.1) is 11.8 Å². The Kier molecular flexibility index (Phi) is 13.0. The summed E-state index contributed by atoms with van der Waals surface area (Å²) in [5.41, 5.74) is 7.49. The first kappa shape index (κ1) is 40.6. The van der Waals surface area contributed by atoms with Crippen molar-refractivity contribution in [2.24, 2.45) is 16.8 Å². The van der Waals surface area contributed by atoms with E-state index < -0.39 is 18.0 Å². The lowest BCUT2D eigenvalue weighted by Gasteiger charge is -2.37. The van der Waals surface area contributed by atoms with Gasteiger partial charge in [0.25, 0.3) is 0 Å². The molecule has 1 unspecified atom stereocenters. The smallest absolute Gasteiger partial charge is 0.306 e. The van der Waals surface area contributed by atoms with E-state index in [0.29, 0.717) is 24.9 Å². The molecule has 3 aromatic rings. The van der Waals surface area contributed by atoms with Gasteiger partial charge >= 0.3 is 5.97 Å². The third-order valence-corrected chi connectivity index (χ3v) is 13.2. The summed E-state index contributed by atoms with van der Waals surface area (Å²) in [4.78, 5) is 59.3. The lowest BCUT2D eigenvalue weighted by atomic mass is 9.84. The Labute approximate surface area is 337 Å². The van der Waals surface area contributed by atoms with E-state index in [4.69, 9.17) is 19.5 Å². The van der Waals surface area contributed by atoms with Gasteiger partial charge in [0.2, 0.25) is 11.8 Å². The molecule has 1 saturated carbocycles. The molecule has 57 heavy (non-hydrogen) atoms. The SMILES string of the molecule is CCN(CC)C1CCC(C(=O)N2CCC[C@H]2c2ncc(-c3ccc(-c4ccc(C5=CN=C(C6CCCN6C(=O)[C@@H](CC(=O)OC)[C@@H](C)OC)C5)cc4)cc3)[nH]2)CC1. The maximum atomic E-state index is 13.8. The number of hydrogen-bond donors (Lipinski definition) is 1. The standard InChI is InChI=1S/C46H60N6O5/c1-6-50(7-2)37-22-20-35(21-23-37)45(54)52-25-9-11-42(52)44-48-29-40(49-44)34-18-16-32(17-19-34)31-12-14-33(15-13-31)36-26-39(47-28-36)41-10-8-24-51(41)46(55)38(30(3)56-4)27-43(53)57-5/h12-19,28-30,35,37-38,41-42H,6-11,20-27H2,1-5H3,(H,48,49)/t30-,35?,37?,38+,41?,42+/m1/s1. The van der Waals surface area contributed by atoms with Crippen molar-refractivity contribution in [2.45, 2.75) is 109 Å². The minimum absolute atomic E-state index is 0.00991. The summed E-state index contributed by atoms with van der Waals surface area (Å²) in [5.74, 6) is 0.223. The van der Waals surface area contributed by atoms with E-state index in [-0.39, 0.29) is 30.3 Å². The lowest BCUT2D eigenvalue weighted by Crippen LogP contribution is -2.46. The number of amides is 2. The van der Waals surface area contributed by atoms with E-state index in [1.54, 1.807) is 7.11 Å². The summed E-state index contributed by atoms with van der Waals surface area (Å²) in [6.45, 7) is 9.89. The molecule has 0 spiro atoms. The highest BCUT2D eigenvalue weighted by molar-refractivity contribution is 6.03. The fourth-order valence-electron chi connectivity index (χ4n) is 9.65. The van der Waals surface area contributed by atoms with Crippen LogP contribution in [0.15, 0.2) is 65.9 Å². The predicted molar refractivity (Wildman–Crippen MR) is 223 cm³/mol. The number of carbonyl (C=O) groups is 3. The van der Waals surface area contributed by atoms with Gasteiger partial charge in [0.1, 0.15) is 5.82 Å². The van der Waals surface area contributed by atoms with E-state index in [2.05, 4.69) is 77.2 Å². The molecule has 11 nitrogen and oxygen atoms in total. The van der Waals surface area contributed by atoms with Gasteiger partial charge in [-0.3, -0.25) is 19.4 Å². The van der Waals surface area contributed by atoms with Gasteiger partial charge in [-0.05, 0) is 99.2 Å². The molecule has 1 N–H and O–H groups in total. The Morgan fingerprint density at radius 2 is 1.44 bits per heavy atom. The first-order valence-corrected chi connectivity index (χ1v) is 21.2. The van der Waals surface area contributed by atoms with Gasteiger partial charge in [-0.1, -0.05) is 62.4 Å². The number of aromatic amines is 1. The zero-order valence-electron chi connectivity index (χ0n) is 34.4. The van der Waals surface area contributed by atoms with E-state index in [0.717, 1.165) is 116 Å². The summed E-state index contributed by atoms with van der Waals surface area (Å²) in [5, 5.41) is 0. The van der Waals surface area contributed by atoms with E-state index >= 15 is 0 Å². The molecule has 7 rings (SSSR count). The highest BCUT2D eigenvalue weighted by Gasteiger charge is 2.40. The van der Waals surface area contributed by atoms with Crippen LogP contribution in [-0.2, 0) is 23.9 Å². The highest BCUT2D eigenvalue weighted by atomic mass is 16.5. The third kappa shape index (κ3) is 8.79. The van der Waals surface area contributed by atoms with Gasteiger partial charge < -0.3 is 29.2 Å². The maximum Gasteiger partial charge on any atom is 0.306 e. The normalized spacial score (nSPS) is 23.4. The number of benzene rings is 2. The van der Waals surface area contributed by atoms with Crippen LogP contribution < -0.4 is 0 Å². The van der Waals surface area contributed by atoms with E-state index in [9.17, 15) is 14.4 Å². The molecule has 1 aliphatic carbocycles. The molecule has 4 atom stereocenters. The minimum atomic E-state index is -0.603. The van der Waals surface area contributed by atoms with Crippen molar-refractivity contribution in [3.8, 4) is 22.4 Å². The monoisotopic (exact) mass is 776 g/mol. The van der Waals surface area contributed by atoms with Crippen LogP contribution in [-0.4, -0.2) is 107 Å². The summed E-state index contributed by atoms with van der Waals surface area (Å²) < 4.78 is 10.4. The Hall–Kier alpha value is -4.61. The second kappa shape index (κ2) is 18.3. The molecule has 304 valence electrons. The molecule has 2 aromatic carbocycles. The summed E-state index contributed by atoms with van der Waals surface area (Å²) in [7, 11) is 2.90. The number of nitrogens with one attached hydrogen (secondary N) is 1. The van der Waals surface area contributed by atoms with E-state index in [1.165, 1.54) is 7.11 Å². The number of allylic oxidation sites excluding steroid dienone is 1. The van der Waals surface area contributed by atoms with Gasteiger partial charge in [-0.15, -0.1) is 0 Å². The fourth-order valence-corrected chi connectivity index (χ4v) is 9.65. The van der Waals surface area contributed by atoms with Crippen molar-refractivity contribution < 1.29 is 23.9 Å². The Balaban J connectivity index is 0.943. The first-order chi connectivity index (χ1) is 27.7. The molecule has 4 aliphatic rings. The van der Waals surface area contributed by atoms with Crippen LogP contribution in [0.5, 0.6) is 0 Å². The largest absolute Gasteiger partial charge is 0.469 e. The number of nitrogens with zero attached hydrogens (tertiary/aromatic N) is 5. The zero-order valence-corrected chi connectivity index (χ0v) is 34.4. The van der Waals surface area contributed by atoms with Crippen LogP contribution in [0.3, 0.4) is 0 Å². The molecule has 4 heterocycles. The van der Waals surface area contributed by atoms with Crippen molar-refractivity contribution in [1.29, 1.82) is 0 Å². The number of hydrogen-bond acceptors (Lipinski definition) is 8. The highest BCUT2D eigenvalue weighted by Crippen LogP contribution is 2.37. The average Bonchev–Trinajstić information content (AvgIpc) is 4.10. The van der Waals surface area contributed by atoms with Crippen LogP contribution in [0.2, 0.25) is 0 Å². The number of aliphatic imine (C=N–C) groups is 1. The first-order valence-electron chi connectivity index (χ1n) is 21.2. The quantitative estimate of drug-likeness (QED) is 0.167. The predicted octanol–water partition coefficient (Wildman–Crippen LogP) is 7.70. The van der Waals surface area contributed by atoms with Gasteiger partial charge in [-0.25, -0.2) is 4.98 Å². The number of imidazole rings is 1. The van der Waals surface area contributed by atoms with Gasteiger partial charge in [0.15, 0.2) is 0 Å². The van der Waals surface area contributed by atoms with Crippen molar-refractivity contribution in [1.82, 2.24) is 24.7 Å². The zero-order chi connectivity index (χ0) is 40.1. The van der Waals surface area contributed by atoms with Crippen molar-refractivity contribution in [2.75, 3.05) is 40.4 Å². The summed E-state index contributed by atoms with van der Waals surface area (Å²) >= 11 is 0. The molecule has 11 heteroatoms. The van der Waals surface area contributed by atoms with Gasteiger partial charge in [0, 0.05) is 50.5 Å². The molecule has 2 saturated heterocycles. The topological polar surface area (TPSA) is 120 Å². The molecular formula is C46H60N6O5. The molecule has 3 fully saturated rings. The molecule has 2 amide bonds. The summed E-state index contributed by atoms with van der Waals surface area (Å²) in [6, 6.07) is 17.7. The fraction of sp³-hybridized carbons (Fsp3) is 0.543. The van der Waals surface area contributed by atoms with Crippen molar-refractivity contribution in [3.05, 3.63) is 72.3 Å². The molecule has 0 radical (unpaired) electrons. The number of methoxy groups -OCH3 is 2. The van der Waals surface area contributed by atoms with Gasteiger partial charge in [-0.2, -0.15) is 0 Å². The van der Waals surface area contributed by atoms with Crippen molar-refractivity contribution in [3.63, 3.8) is 0 Å². The average molecular weight is 777 g/mol. The molecule has 0 bridgehead atoms. The number of likely N-dealkylation sites (tertiary alicyclic amines) is 2. The molecular weight excluding hydrogens is 717 g/mol. The number of carbonyl (C=O) groups excluding carboxylic acids is 3. The second-order valence-electron chi connectivity index (χ2n) is 16.2. The molecule has 1 aromatic heterocycles. The summed E-state index contributed by atoms with van der Waals surface area (Å²) in [6.07, 6.45) is 12.0. The Morgan fingerprint density at radius 3 is 2.07 bits per heavy atom. The Morgan fingerprint density at radius 1 is 0.825 bits per heavy atom. The lowest BCUT2D eigenvalue weighted by molar-refractivity contribution is -0.150. The number of aromatic nitrogens is 2. The Bertz CT molecular complexity index is 1920. The van der Waals surface area contributed by atoms with E-state index in [1.807, 2.05) is 24.2 Å². The second-order valence-corrected chi connectivity index (χ2v) is 16.2.